The molecule has 0 unspecified atom stereocenters. The van der Waals surface area contributed by atoms with Crippen LogP contribution < -0.4 is 16.4 Å². The molecule has 7 nitrogen and oxygen atoms in total. The second-order valence-corrected chi connectivity index (χ2v) is 5.49. The van der Waals surface area contributed by atoms with E-state index in [-0.39, 0.29) is 29.9 Å². The van der Waals surface area contributed by atoms with E-state index in [1.54, 1.807) is 20.0 Å². The van der Waals surface area contributed by atoms with Crippen molar-refractivity contribution in [3.63, 3.8) is 0 Å². The second-order valence-electron chi connectivity index (χ2n) is 5.49. The molecular formula is C14H27IN6O. The molecule has 1 heterocycles. The number of hydrogen-bond donors (Lipinski definition) is 3. The maximum atomic E-state index is 11.3. The van der Waals surface area contributed by atoms with Crippen LogP contribution in [0, 0.1) is 5.41 Å². The number of rotatable bonds is 8. The van der Waals surface area contributed by atoms with E-state index in [2.05, 4.69) is 20.7 Å². The van der Waals surface area contributed by atoms with Gasteiger partial charge in [-0.1, -0.05) is 0 Å². The van der Waals surface area contributed by atoms with Crippen LogP contribution >= 0.6 is 24.0 Å². The fourth-order valence-corrected chi connectivity index (χ4v) is 1.58. The van der Waals surface area contributed by atoms with Gasteiger partial charge in [-0.3, -0.25) is 14.5 Å². The molecule has 0 radical (unpaired) electrons. The van der Waals surface area contributed by atoms with Gasteiger partial charge < -0.3 is 16.4 Å². The molecule has 0 aromatic carbocycles. The Labute approximate surface area is 149 Å². The number of guanidine groups is 1. The summed E-state index contributed by atoms with van der Waals surface area (Å²) in [7, 11) is 0. The Morgan fingerprint density at radius 3 is 2.68 bits per heavy atom. The maximum Gasteiger partial charge on any atom is 0.224 e. The van der Waals surface area contributed by atoms with E-state index in [1.807, 2.05) is 23.9 Å². The number of aryl methyl sites for hydroxylation is 1. The van der Waals surface area contributed by atoms with Crippen LogP contribution in [-0.4, -0.2) is 41.3 Å². The standard InChI is InChI=1S/C14H26N6O.HI/c1-4-16-13(18-11-14(2,3)12(15)21)17-7-5-9-20-10-6-8-19-20;/h6,8,10H,4-5,7,9,11H2,1-3H3,(H2,15,21)(H2,16,17,18);1H. The molecule has 22 heavy (non-hydrogen) atoms. The first-order chi connectivity index (χ1) is 9.95. The van der Waals surface area contributed by atoms with E-state index in [9.17, 15) is 4.79 Å². The molecule has 0 bridgehead atoms. The number of nitrogens with two attached hydrogens (primary N) is 1. The molecule has 0 aliphatic heterocycles. The molecule has 0 fully saturated rings. The predicted molar refractivity (Wildman–Crippen MR) is 99.2 cm³/mol. The molecule has 0 spiro atoms. The molecule has 8 heteroatoms. The number of halogens is 1. The summed E-state index contributed by atoms with van der Waals surface area (Å²) < 4.78 is 1.89. The summed E-state index contributed by atoms with van der Waals surface area (Å²) in [6.45, 7) is 8.34. The van der Waals surface area contributed by atoms with Crippen molar-refractivity contribution in [1.82, 2.24) is 20.4 Å². The first-order valence-corrected chi connectivity index (χ1v) is 7.25. The van der Waals surface area contributed by atoms with Crippen molar-refractivity contribution in [3.05, 3.63) is 18.5 Å². The Morgan fingerprint density at radius 1 is 1.41 bits per heavy atom. The summed E-state index contributed by atoms with van der Waals surface area (Å²) in [4.78, 5) is 15.7. The minimum absolute atomic E-state index is 0. The minimum Gasteiger partial charge on any atom is -0.369 e. The van der Waals surface area contributed by atoms with Gasteiger partial charge in [-0.05, 0) is 33.3 Å². The van der Waals surface area contributed by atoms with Gasteiger partial charge in [0.25, 0.3) is 0 Å². The third kappa shape index (κ3) is 7.62. The third-order valence-corrected chi connectivity index (χ3v) is 3.06. The summed E-state index contributed by atoms with van der Waals surface area (Å²) in [5.74, 6) is 0.355. The van der Waals surface area contributed by atoms with Crippen molar-refractivity contribution < 1.29 is 4.79 Å². The van der Waals surface area contributed by atoms with Crippen LogP contribution in [0.1, 0.15) is 27.2 Å². The lowest BCUT2D eigenvalue weighted by atomic mass is 9.93. The van der Waals surface area contributed by atoms with Gasteiger partial charge in [0.05, 0.1) is 12.0 Å². The first kappa shape index (κ1) is 20.7. The molecule has 1 rings (SSSR count). The Bertz CT molecular complexity index is 458. The SMILES string of the molecule is CCNC(=NCC(C)(C)C(N)=O)NCCCn1cccn1.I. The molecule has 1 aromatic heterocycles. The zero-order valence-electron chi connectivity index (χ0n) is 13.5. The number of nitrogens with one attached hydrogen (secondary N) is 2. The van der Waals surface area contributed by atoms with Gasteiger partial charge in [0.1, 0.15) is 0 Å². The zero-order valence-corrected chi connectivity index (χ0v) is 15.8. The van der Waals surface area contributed by atoms with Crippen LogP contribution in [0.5, 0.6) is 0 Å². The van der Waals surface area contributed by atoms with Crippen molar-refractivity contribution in [3.8, 4) is 0 Å². The highest BCUT2D eigenvalue weighted by molar-refractivity contribution is 14.0. The second kappa shape index (κ2) is 10.4. The van der Waals surface area contributed by atoms with Crippen molar-refractivity contribution in [2.45, 2.75) is 33.7 Å². The monoisotopic (exact) mass is 422 g/mol. The quantitative estimate of drug-likeness (QED) is 0.252. The highest BCUT2D eigenvalue weighted by Crippen LogP contribution is 2.13. The molecule has 0 saturated heterocycles. The van der Waals surface area contributed by atoms with Gasteiger partial charge in [-0.15, -0.1) is 24.0 Å². The number of hydrogen-bond acceptors (Lipinski definition) is 3. The number of aromatic nitrogens is 2. The molecule has 1 aromatic rings. The van der Waals surface area contributed by atoms with Gasteiger partial charge in [0, 0.05) is 32.0 Å². The lowest BCUT2D eigenvalue weighted by molar-refractivity contribution is -0.125. The molecular weight excluding hydrogens is 395 g/mol. The summed E-state index contributed by atoms with van der Waals surface area (Å²) in [6.07, 6.45) is 4.64. The van der Waals surface area contributed by atoms with Crippen molar-refractivity contribution in [1.29, 1.82) is 0 Å². The smallest absolute Gasteiger partial charge is 0.224 e. The zero-order chi connectivity index (χ0) is 15.7. The van der Waals surface area contributed by atoms with Crippen LogP contribution in [0.2, 0.25) is 0 Å². The average Bonchev–Trinajstić information content (AvgIpc) is 2.93. The fourth-order valence-electron chi connectivity index (χ4n) is 1.58. The predicted octanol–water partition coefficient (Wildman–Crippen LogP) is 0.958. The first-order valence-electron chi connectivity index (χ1n) is 7.25. The normalized spacial score (nSPS) is 11.7. The molecule has 0 saturated carbocycles. The Kier molecular flexibility index (Phi) is 9.79. The van der Waals surface area contributed by atoms with Gasteiger partial charge in [0.2, 0.25) is 5.91 Å². The van der Waals surface area contributed by atoms with Gasteiger partial charge in [-0.2, -0.15) is 5.10 Å². The van der Waals surface area contributed by atoms with E-state index in [0.29, 0.717) is 12.5 Å². The van der Waals surface area contributed by atoms with Crippen LogP contribution in [0.25, 0.3) is 0 Å². The van der Waals surface area contributed by atoms with Crippen molar-refractivity contribution in [2.75, 3.05) is 19.6 Å². The largest absolute Gasteiger partial charge is 0.369 e. The maximum absolute atomic E-state index is 11.3. The van der Waals surface area contributed by atoms with Crippen LogP contribution in [0.3, 0.4) is 0 Å². The van der Waals surface area contributed by atoms with E-state index in [1.165, 1.54) is 0 Å². The van der Waals surface area contributed by atoms with Gasteiger partial charge in [-0.25, -0.2) is 0 Å². The van der Waals surface area contributed by atoms with Gasteiger partial charge in [0.15, 0.2) is 5.96 Å². The molecule has 0 aliphatic rings. The molecule has 0 atom stereocenters. The topological polar surface area (TPSA) is 97.3 Å². The number of nitrogens with zero attached hydrogens (tertiary/aromatic N) is 3. The van der Waals surface area contributed by atoms with Crippen molar-refractivity contribution in [2.24, 2.45) is 16.1 Å². The highest BCUT2D eigenvalue weighted by Gasteiger charge is 2.24. The van der Waals surface area contributed by atoms with Crippen LogP contribution in [-0.2, 0) is 11.3 Å². The summed E-state index contributed by atoms with van der Waals surface area (Å²) in [5, 5.41) is 10.5. The van der Waals surface area contributed by atoms with Crippen LogP contribution in [0.4, 0.5) is 0 Å². The molecule has 126 valence electrons. The molecule has 1 amide bonds. The Morgan fingerprint density at radius 2 is 2.14 bits per heavy atom. The van der Waals surface area contributed by atoms with E-state index in [4.69, 9.17) is 5.73 Å². The molecule has 0 aliphatic carbocycles. The third-order valence-electron chi connectivity index (χ3n) is 3.06. The summed E-state index contributed by atoms with van der Waals surface area (Å²) in [6, 6.07) is 1.91. The summed E-state index contributed by atoms with van der Waals surface area (Å²) in [5.41, 5.74) is 4.71. The number of carbonyl (C=O) groups is 1. The highest BCUT2D eigenvalue weighted by atomic mass is 127. The summed E-state index contributed by atoms with van der Waals surface area (Å²) >= 11 is 0. The van der Waals surface area contributed by atoms with Crippen LogP contribution in [0.15, 0.2) is 23.5 Å². The lowest BCUT2D eigenvalue weighted by Gasteiger charge is -2.19. The average molecular weight is 422 g/mol. The minimum atomic E-state index is -0.641. The number of amides is 1. The lowest BCUT2D eigenvalue weighted by Crippen LogP contribution is -2.40. The Hall–Kier alpha value is -1.32. The van der Waals surface area contributed by atoms with E-state index >= 15 is 0 Å². The van der Waals surface area contributed by atoms with E-state index in [0.717, 1.165) is 26.1 Å². The van der Waals surface area contributed by atoms with Crippen molar-refractivity contribution >= 4 is 35.8 Å². The van der Waals surface area contributed by atoms with E-state index < -0.39 is 5.41 Å². The van der Waals surface area contributed by atoms with Gasteiger partial charge >= 0.3 is 0 Å². The number of carbonyl (C=O) groups excluding carboxylic acids is 1. The molecule has 4 N–H and O–H groups in total. The Balaban J connectivity index is 0.00000441. The fraction of sp³-hybridized carbons (Fsp3) is 0.643. The number of primary amides is 1. The number of aliphatic imine (C=N–C) groups is 1.